The Morgan fingerprint density at radius 2 is 1.56 bits per heavy atom. The van der Waals surface area contributed by atoms with Crippen LogP contribution < -0.4 is 14.5 Å². The van der Waals surface area contributed by atoms with Crippen LogP contribution in [-0.4, -0.2) is 23.6 Å². The van der Waals surface area contributed by atoms with Crippen molar-refractivity contribution in [1.82, 2.24) is 9.88 Å². The molecular weight excluding hydrogens is 484 g/mol. The van der Waals surface area contributed by atoms with Gasteiger partial charge in [-0.15, -0.1) is 0 Å². The third-order valence-corrected chi connectivity index (χ3v) is 6.85. The van der Waals surface area contributed by atoms with Gasteiger partial charge in [0.15, 0.2) is 11.3 Å². The molecule has 0 spiro atoms. The van der Waals surface area contributed by atoms with E-state index in [1.807, 2.05) is 48.5 Å². The summed E-state index contributed by atoms with van der Waals surface area (Å²) in [5.74, 6) is 1.12. The van der Waals surface area contributed by atoms with E-state index in [0.29, 0.717) is 17.2 Å². The van der Waals surface area contributed by atoms with Gasteiger partial charge >= 0.3 is 0 Å². The highest BCUT2D eigenvalue weighted by molar-refractivity contribution is 6.08. The molecule has 2 aromatic heterocycles. The third kappa shape index (κ3) is 4.32. The Labute approximate surface area is 226 Å². The molecule has 6 heteroatoms. The van der Waals surface area contributed by atoms with Crippen molar-refractivity contribution in [2.75, 3.05) is 23.5 Å². The van der Waals surface area contributed by atoms with Crippen molar-refractivity contribution in [2.24, 2.45) is 0 Å². The van der Waals surface area contributed by atoms with Crippen LogP contribution >= 0.6 is 0 Å². The van der Waals surface area contributed by atoms with Crippen LogP contribution in [0.3, 0.4) is 0 Å². The fraction of sp³-hybridized carbons (Fsp3) is 0.0606. The van der Waals surface area contributed by atoms with Crippen molar-refractivity contribution < 1.29 is 9.15 Å². The van der Waals surface area contributed by atoms with E-state index < -0.39 is 0 Å². The summed E-state index contributed by atoms with van der Waals surface area (Å²) >= 11 is 0. The van der Waals surface area contributed by atoms with Crippen molar-refractivity contribution >= 4 is 44.7 Å². The smallest absolute Gasteiger partial charge is 0.219 e. The largest absolute Gasteiger partial charge is 0.452 e. The van der Waals surface area contributed by atoms with Crippen LogP contribution in [0.4, 0.5) is 22.7 Å². The molecule has 6 nitrogen and oxygen atoms in total. The number of hydrogen-bond donors (Lipinski definition) is 0. The van der Waals surface area contributed by atoms with E-state index in [4.69, 9.17) is 9.15 Å². The molecule has 190 valence electrons. The number of rotatable bonds is 6. The standard InChI is InChI=1S/C33H26N4O2/c1-35-18-19-36(23-35)25-12-9-13-26(20-25)37(24-10-3-2-4-11-24)27-21-29-28-14-5-6-15-30(28)39-33(29)31(22-27)38-32-16-7-8-17-34-32/h2-22H,23H2,1H3. The Bertz CT molecular complexity index is 1800. The number of aromatic nitrogens is 1. The van der Waals surface area contributed by atoms with Gasteiger partial charge in [-0.3, -0.25) is 0 Å². The lowest BCUT2D eigenvalue weighted by molar-refractivity contribution is 0.458. The Morgan fingerprint density at radius 3 is 2.38 bits per heavy atom. The monoisotopic (exact) mass is 510 g/mol. The second kappa shape index (κ2) is 9.58. The predicted octanol–water partition coefficient (Wildman–Crippen LogP) is 8.42. The zero-order valence-electron chi connectivity index (χ0n) is 21.4. The molecule has 0 N–H and O–H groups in total. The molecule has 1 aliphatic rings. The van der Waals surface area contributed by atoms with Crippen molar-refractivity contribution in [3.63, 3.8) is 0 Å². The first-order valence-electron chi connectivity index (χ1n) is 12.9. The Kier molecular flexibility index (Phi) is 5.63. The number of benzene rings is 4. The second-order valence-corrected chi connectivity index (χ2v) is 9.55. The molecule has 0 saturated carbocycles. The number of nitrogens with zero attached hydrogens (tertiary/aromatic N) is 4. The number of hydrogen-bond acceptors (Lipinski definition) is 6. The van der Waals surface area contributed by atoms with E-state index in [0.717, 1.165) is 45.8 Å². The summed E-state index contributed by atoms with van der Waals surface area (Å²) in [4.78, 5) is 11.0. The van der Waals surface area contributed by atoms with E-state index in [1.54, 1.807) is 6.20 Å². The first-order chi connectivity index (χ1) is 19.2. The highest BCUT2D eigenvalue weighted by Gasteiger charge is 2.21. The van der Waals surface area contributed by atoms with Gasteiger partial charge in [-0.05, 0) is 48.5 Å². The number of pyridine rings is 1. The van der Waals surface area contributed by atoms with Gasteiger partial charge in [0.2, 0.25) is 5.88 Å². The molecule has 0 bridgehead atoms. The van der Waals surface area contributed by atoms with Crippen molar-refractivity contribution in [2.45, 2.75) is 0 Å². The van der Waals surface area contributed by atoms with Crippen molar-refractivity contribution in [3.05, 3.63) is 128 Å². The van der Waals surface area contributed by atoms with Crippen molar-refractivity contribution in [1.29, 1.82) is 0 Å². The predicted molar refractivity (Wildman–Crippen MR) is 157 cm³/mol. The minimum Gasteiger partial charge on any atom is -0.452 e. The molecule has 7 rings (SSSR count). The molecule has 0 unspecified atom stereocenters. The highest BCUT2D eigenvalue weighted by Crippen LogP contribution is 2.44. The van der Waals surface area contributed by atoms with E-state index in [1.165, 1.54) is 0 Å². The molecule has 0 aliphatic carbocycles. The second-order valence-electron chi connectivity index (χ2n) is 9.55. The zero-order chi connectivity index (χ0) is 26.2. The van der Waals surface area contributed by atoms with Gasteiger partial charge in [-0.25, -0.2) is 4.98 Å². The van der Waals surface area contributed by atoms with Gasteiger partial charge in [-0.2, -0.15) is 0 Å². The summed E-state index contributed by atoms with van der Waals surface area (Å²) in [6.45, 7) is 0.809. The molecule has 39 heavy (non-hydrogen) atoms. The van der Waals surface area contributed by atoms with Gasteiger partial charge in [0.1, 0.15) is 5.58 Å². The van der Waals surface area contributed by atoms with Crippen LogP contribution in [0.25, 0.3) is 21.9 Å². The minimum atomic E-state index is 0.509. The lowest BCUT2D eigenvalue weighted by Crippen LogP contribution is -2.21. The normalized spacial score (nSPS) is 12.9. The summed E-state index contributed by atoms with van der Waals surface area (Å²) in [5, 5.41) is 2.02. The van der Waals surface area contributed by atoms with Crippen molar-refractivity contribution in [3.8, 4) is 11.6 Å². The fourth-order valence-electron chi connectivity index (χ4n) is 5.04. The summed E-state index contributed by atoms with van der Waals surface area (Å²) in [5.41, 5.74) is 5.66. The first kappa shape index (κ1) is 22.9. The van der Waals surface area contributed by atoms with Gasteiger partial charge in [-0.1, -0.05) is 48.5 Å². The summed E-state index contributed by atoms with van der Waals surface area (Å²) in [6.07, 6.45) is 5.91. The molecule has 3 heterocycles. The lowest BCUT2D eigenvalue weighted by atomic mass is 10.1. The van der Waals surface area contributed by atoms with Gasteiger partial charge in [0, 0.05) is 65.6 Å². The maximum atomic E-state index is 6.35. The molecule has 0 amide bonds. The molecule has 0 saturated heterocycles. The number of anilines is 4. The van der Waals surface area contributed by atoms with Crippen LogP contribution in [0, 0.1) is 0 Å². The Morgan fingerprint density at radius 1 is 0.744 bits per heavy atom. The number of ether oxygens (including phenoxy) is 1. The summed E-state index contributed by atoms with van der Waals surface area (Å²) in [7, 11) is 2.07. The van der Waals surface area contributed by atoms with Crippen LogP contribution in [-0.2, 0) is 0 Å². The molecule has 6 aromatic rings. The fourth-order valence-corrected chi connectivity index (χ4v) is 5.04. The molecule has 0 fully saturated rings. The first-order valence-corrected chi connectivity index (χ1v) is 12.9. The quantitative estimate of drug-likeness (QED) is 0.224. The van der Waals surface area contributed by atoms with Gasteiger partial charge in [0.05, 0.1) is 12.4 Å². The maximum absolute atomic E-state index is 6.35. The summed E-state index contributed by atoms with van der Waals surface area (Å²) < 4.78 is 12.7. The average Bonchev–Trinajstić information content (AvgIpc) is 3.59. The van der Waals surface area contributed by atoms with E-state index in [2.05, 4.69) is 99.8 Å². The maximum Gasteiger partial charge on any atom is 0.219 e. The van der Waals surface area contributed by atoms with E-state index in [-0.39, 0.29) is 0 Å². The molecule has 4 aromatic carbocycles. The minimum absolute atomic E-state index is 0.509. The Balaban J connectivity index is 1.43. The van der Waals surface area contributed by atoms with E-state index >= 15 is 0 Å². The third-order valence-electron chi connectivity index (χ3n) is 6.85. The topological polar surface area (TPSA) is 45.0 Å². The van der Waals surface area contributed by atoms with Gasteiger partial charge in [0.25, 0.3) is 0 Å². The van der Waals surface area contributed by atoms with Crippen LogP contribution in [0.15, 0.2) is 132 Å². The van der Waals surface area contributed by atoms with Gasteiger partial charge < -0.3 is 23.9 Å². The molecule has 0 radical (unpaired) electrons. The summed E-state index contributed by atoms with van der Waals surface area (Å²) in [6, 6.07) is 36.9. The SMILES string of the molecule is CN1C=CN(c2cccc(N(c3ccccc3)c3cc(Oc4ccccn4)c4oc5ccccc5c4c3)c2)C1. The highest BCUT2D eigenvalue weighted by atomic mass is 16.5. The average molecular weight is 511 g/mol. The molecular formula is C33H26N4O2. The lowest BCUT2D eigenvalue weighted by Gasteiger charge is -2.27. The number of para-hydroxylation sites is 2. The van der Waals surface area contributed by atoms with E-state index in [9.17, 15) is 0 Å². The van der Waals surface area contributed by atoms with Crippen LogP contribution in [0.2, 0.25) is 0 Å². The van der Waals surface area contributed by atoms with Crippen LogP contribution in [0.5, 0.6) is 11.6 Å². The Hall–Kier alpha value is -5.23. The number of fused-ring (bicyclic) bond motifs is 3. The molecule has 0 atom stereocenters. The molecule has 1 aliphatic heterocycles. The zero-order valence-corrected chi connectivity index (χ0v) is 21.4. The number of furan rings is 1. The van der Waals surface area contributed by atoms with Crippen LogP contribution in [0.1, 0.15) is 0 Å².